The summed E-state index contributed by atoms with van der Waals surface area (Å²) >= 11 is 1.55. The van der Waals surface area contributed by atoms with E-state index in [9.17, 15) is 4.39 Å². The average Bonchev–Trinajstić information content (AvgIpc) is 2.77. The first-order valence-electron chi connectivity index (χ1n) is 5.61. The maximum Gasteiger partial charge on any atom is 0.165 e. The largest absolute Gasteiger partial charge is 0.494 e. The van der Waals surface area contributed by atoms with Crippen molar-refractivity contribution in [1.29, 1.82) is 0 Å². The van der Waals surface area contributed by atoms with Crippen LogP contribution >= 0.6 is 11.3 Å². The summed E-state index contributed by atoms with van der Waals surface area (Å²) in [5.74, 6) is -0.198. The van der Waals surface area contributed by atoms with Crippen molar-refractivity contribution in [3.05, 3.63) is 45.7 Å². The maximum absolute atomic E-state index is 13.7. The maximum atomic E-state index is 13.7. The van der Waals surface area contributed by atoms with Crippen molar-refractivity contribution < 1.29 is 9.13 Å². The molecule has 1 aromatic carbocycles. The Bertz CT molecular complexity index is 542. The molecule has 0 fully saturated rings. The molecule has 0 spiro atoms. The Balaban J connectivity index is 2.36. The quantitative estimate of drug-likeness (QED) is 0.925. The number of halogens is 1. The predicted octanol–water partition coefficient (Wildman–Crippen LogP) is 2.69. The van der Waals surface area contributed by atoms with Gasteiger partial charge in [0, 0.05) is 23.5 Å². The molecular weight excluding hydrogens is 251 g/mol. The van der Waals surface area contributed by atoms with Crippen molar-refractivity contribution in [3.8, 4) is 5.75 Å². The lowest BCUT2D eigenvalue weighted by molar-refractivity contribution is 0.386. The third-order valence-corrected chi connectivity index (χ3v) is 3.83. The highest BCUT2D eigenvalue weighted by molar-refractivity contribution is 7.09. The van der Waals surface area contributed by atoms with Crippen LogP contribution in [0, 0.1) is 12.7 Å². The first-order chi connectivity index (χ1) is 8.65. The number of aryl methyl sites for hydroxylation is 1. The highest BCUT2D eigenvalue weighted by Crippen LogP contribution is 2.29. The van der Waals surface area contributed by atoms with E-state index in [1.54, 1.807) is 17.4 Å². The summed E-state index contributed by atoms with van der Waals surface area (Å²) in [5, 5.41) is 2.89. The van der Waals surface area contributed by atoms with E-state index >= 15 is 0 Å². The van der Waals surface area contributed by atoms with Crippen LogP contribution in [0.15, 0.2) is 23.6 Å². The van der Waals surface area contributed by atoms with Gasteiger partial charge in [-0.25, -0.2) is 9.37 Å². The highest BCUT2D eigenvalue weighted by atomic mass is 32.1. The van der Waals surface area contributed by atoms with Gasteiger partial charge in [0.1, 0.15) is 5.01 Å². The number of hydrogen-bond donors (Lipinski definition) is 1. The van der Waals surface area contributed by atoms with Crippen LogP contribution in [0.3, 0.4) is 0 Å². The second kappa shape index (κ2) is 5.46. The lowest BCUT2D eigenvalue weighted by Crippen LogP contribution is -2.14. The number of benzene rings is 1. The molecule has 0 saturated carbocycles. The summed E-state index contributed by atoms with van der Waals surface area (Å²) in [5.41, 5.74) is 7.56. The van der Waals surface area contributed by atoms with Gasteiger partial charge in [0.05, 0.1) is 7.11 Å². The van der Waals surface area contributed by atoms with E-state index in [1.165, 1.54) is 13.2 Å². The van der Waals surface area contributed by atoms with Gasteiger partial charge in [0.25, 0.3) is 0 Å². The molecule has 3 nitrogen and oxygen atoms in total. The van der Waals surface area contributed by atoms with Gasteiger partial charge in [-0.05, 0) is 24.6 Å². The third-order valence-electron chi connectivity index (χ3n) is 2.75. The molecule has 0 aliphatic rings. The Labute approximate surface area is 109 Å². The second-order valence-electron chi connectivity index (χ2n) is 4.01. The lowest BCUT2D eigenvalue weighted by Gasteiger charge is -2.13. The van der Waals surface area contributed by atoms with E-state index in [-0.39, 0.29) is 17.5 Å². The number of rotatable bonds is 4. The first kappa shape index (κ1) is 13.0. The molecule has 0 aliphatic heterocycles. The molecule has 96 valence electrons. The number of aromatic nitrogens is 1. The zero-order valence-corrected chi connectivity index (χ0v) is 11.1. The molecule has 2 rings (SSSR count). The summed E-state index contributed by atoms with van der Waals surface area (Å²) in [7, 11) is 1.45. The van der Waals surface area contributed by atoms with Crippen LogP contribution in [0.1, 0.15) is 22.2 Å². The van der Waals surface area contributed by atoms with Crippen LogP contribution in [-0.4, -0.2) is 18.6 Å². The van der Waals surface area contributed by atoms with Crippen molar-refractivity contribution in [2.75, 3.05) is 13.7 Å². The smallest absolute Gasteiger partial charge is 0.165 e. The topological polar surface area (TPSA) is 48.1 Å². The first-order valence-corrected chi connectivity index (χ1v) is 6.49. The van der Waals surface area contributed by atoms with Gasteiger partial charge < -0.3 is 10.5 Å². The molecule has 18 heavy (non-hydrogen) atoms. The monoisotopic (exact) mass is 266 g/mol. The molecule has 0 amide bonds. The summed E-state index contributed by atoms with van der Waals surface area (Å²) in [6, 6.07) is 4.91. The lowest BCUT2D eigenvalue weighted by atomic mass is 9.99. The van der Waals surface area contributed by atoms with Gasteiger partial charge in [-0.1, -0.05) is 6.07 Å². The van der Waals surface area contributed by atoms with Crippen LogP contribution < -0.4 is 10.5 Å². The minimum Gasteiger partial charge on any atom is -0.494 e. The van der Waals surface area contributed by atoms with Crippen LogP contribution in [-0.2, 0) is 0 Å². The van der Waals surface area contributed by atoms with Crippen molar-refractivity contribution in [2.24, 2.45) is 5.73 Å². The minimum atomic E-state index is -0.373. The zero-order chi connectivity index (χ0) is 13.1. The van der Waals surface area contributed by atoms with E-state index in [2.05, 4.69) is 4.98 Å². The standard InChI is InChI=1S/C13H15FN2OS/c1-8-7-18-13(16-8)10(6-15)9-3-4-12(17-2)11(14)5-9/h3-5,7,10H,6,15H2,1-2H3. The minimum absolute atomic E-state index is 0.0656. The predicted molar refractivity (Wildman–Crippen MR) is 70.7 cm³/mol. The third kappa shape index (κ3) is 2.52. The Morgan fingerprint density at radius 2 is 2.28 bits per heavy atom. The van der Waals surface area contributed by atoms with Crippen molar-refractivity contribution in [1.82, 2.24) is 4.98 Å². The summed E-state index contributed by atoms with van der Waals surface area (Å²) in [6.07, 6.45) is 0. The fourth-order valence-corrected chi connectivity index (χ4v) is 2.75. The average molecular weight is 266 g/mol. The number of methoxy groups -OCH3 is 1. The summed E-state index contributed by atoms with van der Waals surface area (Å²) in [6.45, 7) is 2.33. The Hall–Kier alpha value is -1.46. The van der Waals surface area contributed by atoms with E-state index in [0.717, 1.165) is 16.3 Å². The summed E-state index contributed by atoms with van der Waals surface area (Å²) < 4.78 is 18.6. The molecule has 2 aromatic rings. The van der Waals surface area contributed by atoms with Crippen LogP contribution in [0.4, 0.5) is 4.39 Å². The molecule has 1 unspecified atom stereocenters. The van der Waals surface area contributed by atoms with Crippen molar-refractivity contribution in [2.45, 2.75) is 12.8 Å². The molecule has 0 radical (unpaired) electrons. The molecule has 2 N–H and O–H groups in total. The molecular formula is C13H15FN2OS. The second-order valence-corrected chi connectivity index (χ2v) is 4.90. The Morgan fingerprint density at radius 3 is 2.78 bits per heavy atom. The fraction of sp³-hybridized carbons (Fsp3) is 0.308. The highest BCUT2D eigenvalue weighted by Gasteiger charge is 2.17. The molecule has 0 saturated heterocycles. The van der Waals surface area contributed by atoms with E-state index < -0.39 is 0 Å². The molecule has 0 bridgehead atoms. The van der Waals surface area contributed by atoms with E-state index in [0.29, 0.717) is 6.54 Å². The van der Waals surface area contributed by atoms with Gasteiger partial charge in [-0.15, -0.1) is 11.3 Å². The number of ether oxygens (including phenoxy) is 1. The Kier molecular flexibility index (Phi) is 3.93. The molecule has 1 aromatic heterocycles. The SMILES string of the molecule is COc1ccc(C(CN)c2nc(C)cs2)cc1F. The van der Waals surface area contributed by atoms with Crippen LogP contribution in [0.25, 0.3) is 0 Å². The van der Waals surface area contributed by atoms with Crippen molar-refractivity contribution >= 4 is 11.3 Å². The summed E-state index contributed by atoms with van der Waals surface area (Å²) in [4.78, 5) is 4.42. The van der Waals surface area contributed by atoms with Gasteiger partial charge in [0.2, 0.25) is 0 Å². The number of hydrogen-bond acceptors (Lipinski definition) is 4. The number of nitrogens with two attached hydrogens (primary N) is 1. The van der Waals surface area contributed by atoms with Crippen molar-refractivity contribution in [3.63, 3.8) is 0 Å². The van der Waals surface area contributed by atoms with E-state index in [4.69, 9.17) is 10.5 Å². The zero-order valence-electron chi connectivity index (χ0n) is 10.3. The van der Waals surface area contributed by atoms with Crippen LogP contribution in [0.2, 0.25) is 0 Å². The normalized spacial score (nSPS) is 12.4. The molecule has 1 atom stereocenters. The number of thiazole rings is 1. The molecule has 0 aliphatic carbocycles. The van der Waals surface area contributed by atoms with Gasteiger partial charge in [0.15, 0.2) is 11.6 Å². The number of nitrogens with zero attached hydrogens (tertiary/aromatic N) is 1. The van der Waals surface area contributed by atoms with Gasteiger partial charge in [-0.3, -0.25) is 0 Å². The fourth-order valence-electron chi connectivity index (χ4n) is 1.81. The Morgan fingerprint density at radius 1 is 1.50 bits per heavy atom. The van der Waals surface area contributed by atoms with Gasteiger partial charge >= 0.3 is 0 Å². The van der Waals surface area contributed by atoms with Gasteiger partial charge in [-0.2, -0.15) is 0 Å². The van der Waals surface area contributed by atoms with E-state index in [1.807, 2.05) is 18.4 Å². The van der Waals surface area contributed by atoms with Crippen LogP contribution in [0.5, 0.6) is 5.75 Å². The molecule has 5 heteroatoms. The molecule has 1 heterocycles.